The van der Waals surface area contributed by atoms with Crippen LogP contribution in [-0.4, -0.2) is 27.5 Å². The van der Waals surface area contributed by atoms with E-state index < -0.39 is 22.7 Å². The van der Waals surface area contributed by atoms with Gasteiger partial charge in [-0.05, 0) is 30.7 Å². The normalized spacial score (nSPS) is 10.9. The van der Waals surface area contributed by atoms with Crippen molar-refractivity contribution in [3.8, 4) is 40.1 Å². The summed E-state index contributed by atoms with van der Waals surface area (Å²) >= 11 is 0. The van der Waals surface area contributed by atoms with Crippen LogP contribution in [0.4, 0.5) is 0 Å². The molecule has 24 heavy (non-hydrogen) atoms. The average Bonchev–Trinajstić information content (AvgIpc) is 2.53. The summed E-state index contributed by atoms with van der Waals surface area (Å²) in [6, 6.07) is 5.51. The third-order valence-corrected chi connectivity index (χ3v) is 3.73. The fourth-order valence-electron chi connectivity index (χ4n) is 2.49. The van der Waals surface area contributed by atoms with Crippen molar-refractivity contribution in [2.75, 3.05) is 7.11 Å². The van der Waals surface area contributed by atoms with E-state index in [4.69, 9.17) is 9.15 Å². The maximum absolute atomic E-state index is 12.4. The van der Waals surface area contributed by atoms with E-state index in [1.165, 1.54) is 25.3 Å². The molecular formula is C17H14O7. The molecule has 0 radical (unpaired) electrons. The standard InChI is InChI=1S/C17H14O7/c1-7-5-8(3-4-9(7)18)16-15(22)13(20)12-11(24-16)6-10(19)17(23-2)14(12)21/h3-6,18-19,21-22H,1-2H3. The van der Waals surface area contributed by atoms with Crippen molar-refractivity contribution in [1.29, 1.82) is 0 Å². The van der Waals surface area contributed by atoms with Gasteiger partial charge in [0.05, 0.1) is 7.11 Å². The molecule has 0 aliphatic rings. The van der Waals surface area contributed by atoms with Crippen LogP contribution in [0.15, 0.2) is 33.5 Å². The van der Waals surface area contributed by atoms with Crippen LogP contribution in [0.5, 0.6) is 28.7 Å². The van der Waals surface area contributed by atoms with Crippen LogP contribution in [-0.2, 0) is 0 Å². The Bertz CT molecular complexity index is 1020. The molecule has 0 bridgehead atoms. The molecule has 1 aromatic heterocycles. The number of hydrogen-bond donors (Lipinski definition) is 4. The maximum Gasteiger partial charge on any atom is 0.238 e. The third-order valence-electron chi connectivity index (χ3n) is 3.73. The van der Waals surface area contributed by atoms with Crippen molar-refractivity contribution in [3.63, 3.8) is 0 Å². The van der Waals surface area contributed by atoms with E-state index in [2.05, 4.69) is 0 Å². The van der Waals surface area contributed by atoms with Gasteiger partial charge in [0.1, 0.15) is 16.7 Å². The number of hydrogen-bond acceptors (Lipinski definition) is 7. The van der Waals surface area contributed by atoms with E-state index in [-0.39, 0.29) is 28.2 Å². The van der Waals surface area contributed by atoms with Crippen molar-refractivity contribution in [2.45, 2.75) is 6.92 Å². The highest BCUT2D eigenvalue weighted by Gasteiger charge is 2.22. The number of aromatic hydroxyl groups is 4. The molecule has 0 aliphatic heterocycles. The van der Waals surface area contributed by atoms with Gasteiger partial charge in [-0.3, -0.25) is 4.79 Å². The summed E-state index contributed by atoms with van der Waals surface area (Å²) in [5.41, 5.74) is -0.103. The zero-order valence-corrected chi connectivity index (χ0v) is 12.8. The molecule has 3 rings (SSSR count). The number of phenols is 3. The van der Waals surface area contributed by atoms with Crippen molar-refractivity contribution in [3.05, 3.63) is 40.1 Å². The number of aryl methyl sites for hydroxylation is 1. The Morgan fingerprint density at radius 2 is 1.71 bits per heavy atom. The predicted molar refractivity (Wildman–Crippen MR) is 85.9 cm³/mol. The first kappa shape index (κ1) is 15.5. The van der Waals surface area contributed by atoms with Crippen molar-refractivity contribution in [1.82, 2.24) is 0 Å². The van der Waals surface area contributed by atoms with E-state index >= 15 is 0 Å². The number of benzene rings is 2. The number of methoxy groups -OCH3 is 1. The summed E-state index contributed by atoms with van der Waals surface area (Å²) in [7, 11) is 1.22. The molecule has 0 saturated heterocycles. The Kier molecular flexibility index (Phi) is 3.48. The lowest BCUT2D eigenvalue weighted by Crippen LogP contribution is -2.04. The van der Waals surface area contributed by atoms with Crippen molar-refractivity contribution >= 4 is 11.0 Å². The molecule has 4 N–H and O–H groups in total. The minimum atomic E-state index is -0.868. The van der Waals surface area contributed by atoms with Crippen LogP contribution < -0.4 is 10.2 Å². The molecule has 7 heteroatoms. The molecule has 0 aliphatic carbocycles. The molecule has 2 aromatic carbocycles. The summed E-state index contributed by atoms with van der Waals surface area (Å²) < 4.78 is 10.3. The van der Waals surface area contributed by atoms with E-state index in [9.17, 15) is 25.2 Å². The van der Waals surface area contributed by atoms with Crippen LogP contribution in [0.25, 0.3) is 22.3 Å². The van der Waals surface area contributed by atoms with Gasteiger partial charge in [-0.25, -0.2) is 0 Å². The Morgan fingerprint density at radius 1 is 1.00 bits per heavy atom. The highest BCUT2D eigenvalue weighted by atomic mass is 16.5. The number of fused-ring (bicyclic) bond motifs is 1. The Labute approximate surface area is 135 Å². The SMILES string of the molecule is COc1c(O)cc2oc(-c3ccc(O)c(C)c3)c(O)c(=O)c2c1O. The van der Waals surface area contributed by atoms with Gasteiger partial charge in [0.15, 0.2) is 17.3 Å². The quantitative estimate of drug-likeness (QED) is 0.570. The van der Waals surface area contributed by atoms with Gasteiger partial charge >= 0.3 is 0 Å². The van der Waals surface area contributed by atoms with Gasteiger partial charge < -0.3 is 29.6 Å². The molecule has 7 nitrogen and oxygen atoms in total. The Morgan fingerprint density at radius 3 is 2.33 bits per heavy atom. The molecule has 0 unspecified atom stereocenters. The van der Waals surface area contributed by atoms with Crippen LogP contribution >= 0.6 is 0 Å². The van der Waals surface area contributed by atoms with Gasteiger partial charge in [0, 0.05) is 11.6 Å². The molecular weight excluding hydrogens is 316 g/mol. The molecule has 0 atom stereocenters. The summed E-state index contributed by atoms with van der Waals surface area (Å²) in [6.45, 7) is 1.65. The summed E-state index contributed by atoms with van der Waals surface area (Å²) in [5.74, 6) is -2.10. The van der Waals surface area contributed by atoms with Crippen molar-refractivity contribution in [2.24, 2.45) is 0 Å². The van der Waals surface area contributed by atoms with E-state index in [1.807, 2.05) is 0 Å². The Hall–Kier alpha value is -3.35. The van der Waals surface area contributed by atoms with Gasteiger partial charge in [-0.2, -0.15) is 0 Å². The minimum absolute atomic E-state index is 0.0569. The molecule has 0 amide bonds. The molecule has 124 valence electrons. The van der Waals surface area contributed by atoms with Crippen LogP contribution in [0.3, 0.4) is 0 Å². The maximum atomic E-state index is 12.4. The second kappa shape index (κ2) is 5.38. The summed E-state index contributed by atoms with van der Waals surface area (Å²) in [6.07, 6.45) is 0. The largest absolute Gasteiger partial charge is 0.508 e. The first-order chi connectivity index (χ1) is 11.3. The highest BCUT2D eigenvalue weighted by Crippen LogP contribution is 2.43. The van der Waals surface area contributed by atoms with E-state index in [0.29, 0.717) is 11.1 Å². The number of rotatable bonds is 2. The average molecular weight is 330 g/mol. The fraction of sp³-hybridized carbons (Fsp3) is 0.118. The van der Waals surface area contributed by atoms with Gasteiger partial charge in [0.2, 0.25) is 16.9 Å². The lowest BCUT2D eigenvalue weighted by atomic mass is 10.1. The zero-order valence-electron chi connectivity index (χ0n) is 12.8. The first-order valence-electron chi connectivity index (χ1n) is 6.93. The monoisotopic (exact) mass is 330 g/mol. The van der Waals surface area contributed by atoms with E-state index in [1.54, 1.807) is 6.92 Å². The van der Waals surface area contributed by atoms with Gasteiger partial charge in [0.25, 0.3) is 0 Å². The summed E-state index contributed by atoms with van der Waals surface area (Å²) in [4.78, 5) is 12.4. The second-order valence-electron chi connectivity index (χ2n) is 5.26. The second-order valence-corrected chi connectivity index (χ2v) is 5.26. The zero-order chi connectivity index (χ0) is 17.6. The van der Waals surface area contributed by atoms with Crippen molar-refractivity contribution < 1.29 is 29.6 Å². The topological polar surface area (TPSA) is 120 Å². The molecule has 0 spiro atoms. The lowest BCUT2D eigenvalue weighted by molar-refractivity contribution is 0.346. The van der Waals surface area contributed by atoms with Crippen LogP contribution in [0, 0.1) is 6.92 Å². The lowest BCUT2D eigenvalue weighted by Gasteiger charge is -2.11. The number of phenolic OH excluding ortho intramolecular Hbond substituents is 3. The fourth-order valence-corrected chi connectivity index (χ4v) is 2.49. The predicted octanol–water partition coefficient (Wildman–Crippen LogP) is 2.60. The first-order valence-corrected chi connectivity index (χ1v) is 6.93. The highest BCUT2D eigenvalue weighted by molar-refractivity contribution is 5.91. The Balaban J connectivity index is 2.38. The van der Waals surface area contributed by atoms with E-state index in [0.717, 1.165) is 6.07 Å². The molecule has 3 aromatic rings. The minimum Gasteiger partial charge on any atom is -0.508 e. The van der Waals surface area contributed by atoms with Gasteiger partial charge in [-0.15, -0.1) is 0 Å². The smallest absolute Gasteiger partial charge is 0.238 e. The van der Waals surface area contributed by atoms with Crippen LogP contribution in [0.1, 0.15) is 5.56 Å². The number of ether oxygens (including phenoxy) is 1. The van der Waals surface area contributed by atoms with Gasteiger partial charge in [-0.1, -0.05) is 0 Å². The third kappa shape index (κ3) is 2.18. The molecule has 0 saturated carbocycles. The van der Waals surface area contributed by atoms with Crippen LogP contribution in [0.2, 0.25) is 0 Å². The molecule has 0 fully saturated rings. The summed E-state index contributed by atoms with van der Waals surface area (Å²) in [5, 5.41) is 39.4. The molecule has 1 heterocycles.